The molecule has 4 rings (SSSR count). The lowest BCUT2D eigenvalue weighted by Gasteiger charge is -2.35. The molecule has 4 heteroatoms. The van der Waals surface area contributed by atoms with Crippen molar-refractivity contribution < 1.29 is 0 Å². The van der Waals surface area contributed by atoms with Gasteiger partial charge >= 0.3 is 0 Å². The SMILES string of the molecule is NCCCCN(Cc1ccc2c(n1)CCCC2)C1CCCc2cccnc21. The molecule has 144 valence electrons. The molecule has 0 saturated carbocycles. The summed E-state index contributed by atoms with van der Waals surface area (Å²) in [6.45, 7) is 2.75. The minimum atomic E-state index is 0.408. The maximum Gasteiger partial charge on any atom is 0.0607 e. The van der Waals surface area contributed by atoms with Crippen LogP contribution in [-0.4, -0.2) is 28.0 Å². The Morgan fingerprint density at radius 3 is 2.81 bits per heavy atom. The topological polar surface area (TPSA) is 55.0 Å². The monoisotopic (exact) mass is 364 g/mol. The number of nitrogens with zero attached hydrogens (tertiary/aromatic N) is 3. The fraction of sp³-hybridized carbons (Fsp3) is 0.565. The van der Waals surface area contributed by atoms with Gasteiger partial charge in [0.05, 0.1) is 17.4 Å². The Hall–Kier alpha value is -1.78. The van der Waals surface area contributed by atoms with Crippen molar-refractivity contribution in [1.82, 2.24) is 14.9 Å². The highest BCUT2D eigenvalue weighted by Crippen LogP contribution is 2.34. The van der Waals surface area contributed by atoms with Crippen molar-refractivity contribution in [3.8, 4) is 0 Å². The third kappa shape index (κ3) is 4.39. The number of fused-ring (bicyclic) bond motifs is 2. The van der Waals surface area contributed by atoms with Gasteiger partial charge in [-0.3, -0.25) is 14.9 Å². The van der Waals surface area contributed by atoms with E-state index in [2.05, 4.69) is 29.2 Å². The Morgan fingerprint density at radius 1 is 1.00 bits per heavy atom. The largest absolute Gasteiger partial charge is 0.330 e. The van der Waals surface area contributed by atoms with E-state index in [1.165, 1.54) is 60.3 Å². The molecule has 2 aromatic heterocycles. The lowest BCUT2D eigenvalue weighted by atomic mass is 9.90. The molecule has 0 spiro atoms. The number of aromatic nitrogens is 2. The van der Waals surface area contributed by atoms with Crippen LogP contribution in [0.5, 0.6) is 0 Å². The number of pyridine rings is 2. The van der Waals surface area contributed by atoms with E-state index in [0.29, 0.717) is 6.04 Å². The highest BCUT2D eigenvalue weighted by Gasteiger charge is 2.27. The number of hydrogen-bond donors (Lipinski definition) is 1. The number of nitrogens with two attached hydrogens (primary N) is 1. The molecule has 0 fully saturated rings. The van der Waals surface area contributed by atoms with E-state index >= 15 is 0 Å². The van der Waals surface area contributed by atoms with Gasteiger partial charge in [-0.05, 0) is 94.1 Å². The highest BCUT2D eigenvalue weighted by molar-refractivity contribution is 5.27. The summed E-state index contributed by atoms with van der Waals surface area (Å²) in [5.74, 6) is 0. The zero-order valence-electron chi connectivity index (χ0n) is 16.4. The molecular weight excluding hydrogens is 332 g/mol. The van der Waals surface area contributed by atoms with Crippen LogP contribution in [-0.2, 0) is 25.8 Å². The van der Waals surface area contributed by atoms with Crippen molar-refractivity contribution in [2.24, 2.45) is 5.73 Å². The molecule has 2 aromatic rings. The van der Waals surface area contributed by atoms with Crippen molar-refractivity contribution in [3.63, 3.8) is 0 Å². The second-order valence-electron chi connectivity index (χ2n) is 8.04. The molecule has 2 heterocycles. The van der Waals surface area contributed by atoms with Crippen LogP contribution in [0.3, 0.4) is 0 Å². The van der Waals surface area contributed by atoms with Crippen molar-refractivity contribution >= 4 is 0 Å². The first-order valence-corrected chi connectivity index (χ1v) is 10.7. The molecule has 4 nitrogen and oxygen atoms in total. The number of unbranched alkanes of at least 4 members (excludes halogenated alkanes) is 1. The van der Waals surface area contributed by atoms with Gasteiger partial charge in [0.15, 0.2) is 0 Å². The Morgan fingerprint density at radius 2 is 1.89 bits per heavy atom. The van der Waals surface area contributed by atoms with Crippen LogP contribution in [0.25, 0.3) is 0 Å². The third-order valence-corrected chi connectivity index (χ3v) is 6.11. The average Bonchev–Trinajstić information content (AvgIpc) is 2.73. The molecule has 27 heavy (non-hydrogen) atoms. The fourth-order valence-electron chi connectivity index (χ4n) is 4.67. The van der Waals surface area contributed by atoms with Crippen LogP contribution in [0.4, 0.5) is 0 Å². The summed E-state index contributed by atoms with van der Waals surface area (Å²) < 4.78 is 0. The Kier molecular flexibility index (Phi) is 6.15. The number of rotatable bonds is 7. The average molecular weight is 365 g/mol. The Labute approximate surface area is 163 Å². The maximum atomic E-state index is 5.76. The first kappa shape index (κ1) is 18.6. The van der Waals surface area contributed by atoms with Gasteiger partial charge in [-0.2, -0.15) is 0 Å². The predicted molar refractivity (Wildman–Crippen MR) is 109 cm³/mol. The van der Waals surface area contributed by atoms with Crippen LogP contribution in [0.1, 0.15) is 72.8 Å². The molecule has 2 aliphatic rings. The fourth-order valence-corrected chi connectivity index (χ4v) is 4.67. The molecule has 1 unspecified atom stereocenters. The van der Waals surface area contributed by atoms with Gasteiger partial charge in [-0.25, -0.2) is 0 Å². The summed E-state index contributed by atoms with van der Waals surface area (Å²) in [5, 5.41) is 0. The smallest absolute Gasteiger partial charge is 0.0607 e. The molecule has 0 bridgehead atoms. The first-order chi connectivity index (χ1) is 13.3. The third-order valence-electron chi connectivity index (χ3n) is 6.11. The molecular formula is C23H32N4. The number of aryl methyl sites for hydroxylation is 3. The van der Waals surface area contributed by atoms with E-state index in [1.807, 2.05) is 6.20 Å². The van der Waals surface area contributed by atoms with E-state index in [-0.39, 0.29) is 0 Å². The zero-order chi connectivity index (χ0) is 18.5. The van der Waals surface area contributed by atoms with Crippen LogP contribution in [0.2, 0.25) is 0 Å². The molecule has 1 atom stereocenters. The van der Waals surface area contributed by atoms with Crippen LogP contribution < -0.4 is 5.73 Å². The standard InChI is InChI=1S/C23H32N4/c24-14-3-4-16-27(22-11-5-8-19-9-6-15-25-23(19)22)17-20-13-12-18-7-1-2-10-21(18)26-20/h6,9,12-13,15,22H,1-5,7-8,10-11,14,16-17,24H2. The van der Waals surface area contributed by atoms with Crippen LogP contribution >= 0.6 is 0 Å². The van der Waals surface area contributed by atoms with Crippen LogP contribution in [0.15, 0.2) is 30.5 Å². The van der Waals surface area contributed by atoms with E-state index in [0.717, 1.165) is 45.3 Å². The van der Waals surface area contributed by atoms with Gasteiger partial charge in [0.2, 0.25) is 0 Å². The normalized spacial score (nSPS) is 19.0. The predicted octanol–water partition coefficient (Wildman–Crippen LogP) is 3.97. The van der Waals surface area contributed by atoms with E-state index < -0.39 is 0 Å². The highest BCUT2D eigenvalue weighted by atomic mass is 15.2. The van der Waals surface area contributed by atoms with Crippen LogP contribution in [0, 0.1) is 0 Å². The molecule has 0 amide bonds. The summed E-state index contributed by atoms with van der Waals surface area (Å²) in [4.78, 5) is 12.4. The van der Waals surface area contributed by atoms with E-state index in [9.17, 15) is 0 Å². The molecule has 2 aliphatic carbocycles. The van der Waals surface area contributed by atoms with Gasteiger partial charge in [0.1, 0.15) is 0 Å². The molecule has 0 saturated heterocycles. The van der Waals surface area contributed by atoms with E-state index in [4.69, 9.17) is 15.7 Å². The minimum Gasteiger partial charge on any atom is -0.330 e. The molecule has 0 radical (unpaired) electrons. The minimum absolute atomic E-state index is 0.408. The van der Waals surface area contributed by atoms with Crippen molar-refractivity contribution in [2.75, 3.05) is 13.1 Å². The van der Waals surface area contributed by atoms with Gasteiger partial charge in [-0.1, -0.05) is 12.1 Å². The summed E-state index contributed by atoms with van der Waals surface area (Å²) in [7, 11) is 0. The molecule has 0 aliphatic heterocycles. The molecule has 0 aromatic carbocycles. The maximum absolute atomic E-state index is 5.76. The summed E-state index contributed by atoms with van der Waals surface area (Å²) >= 11 is 0. The van der Waals surface area contributed by atoms with E-state index in [1.54, 1.807) is 0 Å². The molecule has 2 N–H and O–H groups in total. The quantitative estimate of drug-likeness (QED) is 0.755. The second kappa shape index (κ2) is 8.94. The summed E-state index contributed by atoms with van der Waals surface area (Å²) in [5.41, 5.74) is 12.5. The zero-order valence-corrected chi connectivity index (χ0v) is 16.4. The van der Waals surface area contributed by atoms with Gasteiger partial charge in [0, 0.05) is 18.4 Å². The van der Waals surface area contributed by atoms with Crippen molar-refractivity contribution in [3.05, 3.63) is 58.7 Å². The van der Waals surface area contributed by atoms with Gasteiger partial charge < -0.3 is 5.73 Å². The summed E-state index contributed by atoms with van der Waals surface area (Å²) in [6.07, 6.45) is 12.7. The van der Waals surface area contributed by atoms with Gasteiger partial charge in [-0.15, -0.1) is 0 Å². The first-order valence-electron chi connectivity index (χ1n) is 10.7. The number of hydrogen-bond acceptors (Lipinski definition) is 4. The Bertz CT molecular complexity index is 758. The lowest BCUT2D eigenvalue weighted by molar-refractivity contribution is 0.161. The van der Waals surface area contributed by atoms with Gasteiger partial charge in [0.25, 0.3) is 0 Å². The second-order valence-corrected chi connectivity index (χ2v) is 8.04. The van der Waals surface area contributed by atoms with Crippen molar-refractivity contribution in [1.29, 1.82) is 0 Å². The lowest BCUT2D eigenvalue weighted by Crippen LogP contribution is -2.33. The summed E-state index contributed by atoms with van der Waals surface area (Å²) in [6, 6.07) is 9.31. The Balaban J connectivity index is 1.56. The van der Waals surface area contributed by atoms with Crippen molar-refractivity contribution in [2.45, 2.75) is 70.4 Å².